The lowest BCUT2D eigenvalue weighted by Crippen LogP contribution is -2.29. The van der Waals surface area contributed by atoms with E-state index in [2.05, 4.69) is 5.32 Å². The average molecular weight is 392 g/mol. The molecule has 0 spiro atoms. The Labute approximate surface area is 167 Å². The summed E-state index contributed by atoms with van der Waals surface area (Å²) in [6, 6.07) is 16.3. The highest BCUT2D eigenvalue weighted by atomic mass is 16.6. The monoisotopic (exact) mass is 392 g/mol. The van der Waals surface area contributed by atoms with Crippen molar-refractivity contribution in [2.75, 3.05) is 0 Å². The van der Waals surface area contributed by atoms with Gasteiger partial charge in [-0.3, -0.25) is 19.7 Å². The Balaban J connectivity index is 2.28. The first-order valence-electron chi connectivity index (χ1n) is 9.14. The summed E-state index contributed by atoms with van der Waals surface area (Å²) in [6.07, 6.45) is 0.235. The molecule has 3 aromatic carbocycles. The van der Waals surface area contributed by atoms with Crippen LogP contribution in [-0.2, 0) is 9.59 Å². The molecule has 0 unspecified atom stereocenters. The standard InChI is InChI=1S/C22H20N2O5/c1-3-20(26)23-22(16-8-6-9-17(13-16)24(27)28)21-18-10-5-4-7-15(18)11-12-19(21)29-14(2)25/h4-13,22H,3H2,1-2H3,(H,23,26)/t22-/m1/s1. The van der Waals surface area contributed by atoms with Gasteiger partial charge in [-0.05, 0) is 22.4 Å². The molecule has 7 nitrogen and oxygen atoms in total. The van der Waals surface area contributed by atoms with Crippen LogP contribution in [0, 0.1) is 10.1 Å². The van der Waals surface area contributed by atoms with E-state index in [1.54, 1.807) is 25.1 Å². The van der Waals surface area contributed by atoms with Crippen molar-refractivity contribution in [3.05, 3.63) is 81.9 Å². The summed E-state index contributed by atoms with van der Waals surface area (Å²) < 4.78 is 5.42. The molecule has 148 valence electrons. The van der Waals surface area contributed by atoms with Crippen molar-refractivity contribution in [3.8, 4) is 5.75 Å². The first-order chi connectivity index (χ1) is 13.9. The van der Waals surface area contributed by atoms with Gasteiger partial charge in [0.15, 0.2) is 0 Å². The van der Waals surface area contributed by atoms with Gasteiger partial charge < -0.3 is 10.1 Å². The third-order valence-corrected chi connectivity index (χ3v) is 4.51. The molecule has 1 amide bonds. The highest BCUT2D eigenvalue weighted by Crippen LogP contribution is 2.37. The second-order valence-electron chi connectivity index (χ2n) is 6.50. The summed E-state index contributed by atoms with van der Waals surface area (Å²) in [5, 5.41) is 15.8. The van der Waals surface area contributed by atoms with E-state index in [4.69, 9.17) is 4.74 Å². The largest absolute Gasteiger partial charge is 0.426 e. The number of carbonyl (C=O) groups excluding carboxylic acids is 2. The molecule has 0 aliphatic heterocycles. The number of nitro groups is 1. The molecule has 1 N–H and O–H groups in total. The fourth-order valence-corrected chi connectivity index (χ4v) is 3.22. The number of nitro benzene ring substituents is 1. The van der Waals surface area contributed by atoms with Gasteiger partial charge in [0.05, 0.1) is 11.0 Å². The molecule has 0 aliphatic carbocycles. The van der Waals surface area contributed by atoms with Crippen molar-refractivity contribution >= 4 is 28.3 Å². The number of benzene rings is 3. The molecule has 1 atom stereocenters. The lowest BCUT2D eigenvalue weighted by atomic mass is 9.92. The van der Waals surface area contributed by atoms with Crippen LogP contribution in [0.25, 0.3) is 10.8 Å². The zero-order valence-electron chi connectivity index (χ0n) is 16.0. The molecular formula is C22H20N2O5. The van der Waals surface area contributed by atoms with E-state index in [-0.39, 0.29) is 18.0 Å². The number of nitrogens with zero attached hydrogens (tertiary/aromatic N) is 1. The van der Waals surface area contributed by atoms with Crippen LogP contribution in [0.2, 0.25) is 0 Å². The van der Waals surface area contributed by atoms with Gasteiger partial charge in [-0.2, -0.15) is 0 Å². The summed E-state index contributed by atoms with van der Waals surface area (Å²) in [5.41, 5.74) is 0.999. The first-order valence-corrected chi connectivity index (χ1v) is 9.14. The fraction of sp³-hybridized carbons (Fsp3) is 0.182. The van der Waals surface area contributed by atoms with Crippen molar-refractivity contribution in [2.45, 2.75) is 26.3 Å². The van der Waals surface area contributed by atoms with Gasteiger partial charge >= 0.3 is 5.97 Å². The Morgan fingerprint density at radius 3 is 2.55 bits per heavy atom. The Hall–Kier alpha value is -3.74. The van der Waals surface area contributed by atoms with Crippen LogP contribution >= 0.6 is 0 Å². The second-order valence-corrected chi connectivity index (χ2v) is 6.50. The predicted molar refractivity (Wildman–Crippen MR) is 109 cm³/mol. The lowest BCUT2D eigenvalue weighted by Gasteiger charge is -2.23. The molecule has 0 fully saturated rings. The van der Waals surface area contributed by atoms with E-state index in [1.807, 2.05) is 30.3 Å². The Morgan fingerprint density at radius 2 is 1.86 bits per heavy atom. The fourth-order valence-electron chi connectivity index (χ4n) is 3.22. The number of amides is 1. The van der Waals surface area contributed by atoms with Gasteiger partial charge in [-0.1, -0.05) is 49.4 Å². The number of hydrogen-bond donors (Lipinski definition) is 1. The minimum absolute atomic E-state index is 0.0903. The molecule has 0 aromatic heterocycles. The number of non-ortho nitro benzene ring substituents is 1. The van der Waals surface area contributed by atoms with Crippen molar-refractivity contribution in [2.24, 2.45) is 0 Å². The summed E-state index contributed by atoms with van der Waals surface area (Å²) in [5.74, 6) is -0.437. The Bertz CT molecular complexity index is 1090. The molecule has 0 aliphatic rings. The summed E-state index contributed by atoms with van der Waals surface area (Å²) >= 11 is 0. The molecular weight excluding hydrogens is 372 g/mol. The number of ether oxygens (including phenoxy) is 1. The van der Waals surface area contributed by atoms with Gasteiger partial charge in [0, 0.05) is 31.0 Å². The zero-order chi connectivity index (χ0) is 21.0. The Morgan fingerprint density at radius 1 is 1.10 bits per heavy atom. The van der Waals surface area contributed by atoms with E-state index >= 15 is 0 Å². The normalized spacial score (nSPS) is 11.7. The number of rotatable bonds is 6. The molecule has 0 bridgehead atoms. The minimum Gasteiger partial charge on any atom is -0.426 e. The van der Waals surface area contributed by atoms with Gasteiger partial charge in [-0.25, -0.2) is 0 Å². The highest BCUT2D eigenvalue weighted by molar-refractivity contribution is 5.90. The minimum atomic E-state index is -0.734. The van der Waals surface area contributed by atoms with Crippen LogP contribution in [0.15, 0.2) is 60.7 Å². The molecule has 0 radical (unpaired) electrons. The quantitative estimate of drug-likeness (QED) is 0.292. The van der Waals surface area contributed by atoms with E-state index in [0.717, 1.165) is 10.8 Å². The van der Waals surface area contributed by atoms with Crippen molar-refractivity contribution in [3.63, 3.8) is 0 Å². The number of nitrogens with one attached hydrogen (secondary N) is 1. The third kappa shape index (κ3) is 4.40. The van der Waals surface area contributed by atoms with Crippen molar-refractivity contribution in [1.29, 1.82) is 0 Å². The maximum atomic E-state index is 12.3. The maximum Gasteiger partial charge on any atom is 0.308 e. The average Bonchev–Trinajstić information content (AvgIpc) is 2.71. The van der Waals surface area contributed by atoms with Crippen LogP contribution in [0.1, 0.15) is 37.4 Å². The lowest BCUT2D eigenvalue weighted by molar-refractivity contribution is -0.384. The molecule has 0 saturated carbocycles. The highest BCUT2D eigenvalue weighted by Gasteiger charge is 2.25. The molecule has 3 aromatic rings. The van der Waals surface area contributed by atoms with E-state index in [0.29, 0.717) is 16.9 Å². The summed E-state index contributed by atoms with van der Waals surface area (Å²) in [4.78, 5) is 34.8. The summed E-state index contributed by atoms with van der Waals surface area (Å²) in [7, 11) is 0. The zero-order valence-corrected chi connectivity index (χ0v) is 16.0. The smallest absolute Gasteiger partial charge is 0.308 e. The molecule has 3 rings (SSSR count). The predicted octanol–water partition coefficient (Wildman–Crippen LogP) is 4.29. The number of hydrogen-bond acceptors (Lipinski definition) is 5. The van der Waals surface area contributed by atoms with Gasteiger partial charge in [0.25, 0.3) is 5.69 Å². The topological polar surface area (TPSA) is 98.5 Å². The summed E-state index contributed by atoms with van der Waals surface area (Å²) in [6.45, 7) is 3.02. The molecule has 29 heavy (non-hydrogen) atoms. The SMILES string of the molecule is CCC(=O)N[C@H](c1cccc([N+](=O)[O-])c1)c1c(OC(C)=O)ccc2ccccc12. The van der Waals surface area contributed by atoms with Crippen LogP contribution in [-0.4, -0.2) is 16.8 Å². The van der Waals surface area contributed by atoms with E-state index < -0.39 is 16.9 Å². The van der Waals surface area contributed by atoms with Gasteiger partial charge in [0.2, 0.25) is 5.91 Å². The van der Waals surface area contributed by atoms with Gasteiger partial charge in [0.1, 0.15) is 5.75 Å². The van der Waals surface area contributed by atoms with Crippen molar-refractivity contribution < 1.29 is 19.2 Å². The second kappa shape index (κ2) is 8.52. The number of esters is 1. The third-order valence-electron chi connectivity index (χ3n) is 4.51. The van der Waals surface area contributed by atoms with Gasteiger partial charge in [-0.15, -0.1) is 0 Å². The van der Waals surface area contributed by atoms with E-state index in [9.17, 15) is 19.7 Å². The van der Waals surface area contributed by atoms with Crippen LogP contribution in [0.4, 0.5) is 5.69 Å². The number of fused-ring (bicyclic) bond motifs is 1. The maximum absolute atomic E-state index is 12.3. The molecule has 0 saturated heterocycles. The van der Waals surface area contributed by atoms with E-state index in [1.165, 1.54) is 19.1 Å². The van der Waals surface area contributed by atoms with Crippen LogP contribution in [0.3, 0.4) is 0 Å². The first kappa shape index (κ1) is 20.0. The van der Waals surface area contributed by atoms with Crippen LogP contribution in [0.5, 0.6) is 5.75 Å². The Kier molecular flexibility index (Phi) is 5.87. The molecule has 7 heteroatoms. The molecule has 0 heterocycles. The van der Waals surface area contributed by atoms with Crippen molar-refractivity contribution in [1.82, 2.24) is 5.32 Å². The van der Waals surface area contributed by atoms with Crippen LogP contribution < -0.4 is 10.1 Å². The number of carbonyl (C=O) groups is 2.